The Bertz CT molecular complexity index is 558. The normalized spacial score (nSPS) is 25.0. The molecular weight excluding hydrogens is 410 g/mol. The quantitative estimate of drug-likeness (QED) is 0.628. The van der Waals surface area contributed by atoms with Crippen molar-refractivity contribution in [3.63, 3.8) is 0 Å². The van der Waals surface area contributed by atoms with E-state index in [2.05, 4.69) is 20.8 Å². The molecule has 182 valence electrons. The molecule has 0 saturated carbocycles. The van der Waals surface area contributed by atoms with Gasteiger partial charge in [0, 0.05) is 59.0 Å². The second-order valence-corrected chi connectivity index (χ2v) is 9.22. The Morgan fingerprint density at radius 2 is 1.35 bits per heavy atom. The maximum Gasteiger partial charge on any atom is 0.222 e. The number of piperidine rings is 1. The smallest absolute Gasteiger partial charge is 0.222 e. The molecule has 3 saturated heterocycles. The minimum atomic E-state index is 0. The number of carbonyl (C=O) groups is 3. The maximum atomic E-state index is 11.2. The molecule has 2 unspecified atom stereocenters. The van der Waals surface area contributed by atoms with Crippen molar-refractivity contribution in [1.29, 1.82) is 0 Å². The second kappa shape index (κ2) is 15.5. The highest BCUT2D eigenvalue weighted by Gasteiger charge is 2.24. The summed E-state index contributed by atoms with van der Waals surface area (Å²) in [5, 5.41) is 0. The lowest BCUT2D eigenvalue weighted by atomic mass is 10.0. The van der Waals surface area contributed by atoms with Crippen molar-refractivity contribution in [3.8, 4) is 0 Å². The Labute approximate surface area is 197 Å². The molecule has 3 rings (SSSR count). The van der Waals surface area contributed by atoms with E-state index in [0.29, 0.717) is 30.2 Å². The standard InChI is InChI=1S/C9H17NO.C8H15NO.C7H13NO.H2S/c1-3-9(11)10-6-4-5-8(2)7-10;1-3-8-5-4-6-9(8)7(2)10;1-6-3-4-8(5-6)7(2)9;/h8H,3-7H2,1-2H3;8H,3-6H2,1-2H3;6H,3-5H2,1-2H3;1H2/t;;6-;/m..1./s1. The molecule has 31 heavy (non-hydrogen) atoms. The van der Waals surface area contributed by atoms with Crippen LogP contribution in [0, 0.1) is 11.8 Å². The van der Waals surface area contributed by atoms with Gasteiger partial charge >= 0.3 is 0 Å². The SMILES string of the molecule is CC(=O)N1CC[C@@H](C)C1.CCC(=O)N1CCCC(C)C1.CCC1CCCN1C(C)=O.S. The molecule has 3 fully saturated rings. The van der Waals surface area contributed by atoms with Crippen molar-refractivity contribution < 1.29 is 14.4 Å². The van der Waals surface area contributed by atoms with Crippen LogP contribution < -0.4 is 0 Å². The fraction of sp³-hybridized carbons (Fsp3) is 0.875. The van der Waals surface area contributed by atoms with E-state index in [-0.39, 0.29) is 25.3 Å². The van der Waals surface area contributed by atoms with Crippen LogP contribution in [0.5, 0.6) is 0 Å². The van der Waals surface area contributed by atoms with E-state index in [4.69, 9.17) is 0 Å². The van der Waals surface area contributed by atoms with E-state index in [1.54, 1.807) is 13.8 Å². The van der Waals surface area contributed by atoms with Gasteiger partial charge in [0.1, 0.15) is 0 Å². The van der Waals surface area contributed by atoms with Crippen molar-refractivity contribution in [1.82, 2.24) is 14.7 Å². The van der Waals surface area contributed by atoms with Crippen molar-refractivity contribution in [2.75, 3.05) is 32.7 Å². The molecule has 7 heteroatoms. The third-order valence-electron chi connectivity index (χ3n) is 6.43. The summed E-state index contributed by atoms with van der Waals surface area (Å²) in [6.45, 7) is 16.7. The summed E-state index contributed by atoms with van der Waals surface area (Å²) in [4.78, 5) is 38.8. The first-order valence-electron chi connectivity index (χ1n) is 12.0. The molecule has 0 spiro atoms. The Balaban J connectivity index is 0.000000431. The lowest BCUT2D eigenvalue weighted by Gasteiger charge is -2.30. The molecule has 3 atom stereocenters. The van der Waals surface area contributed by atoms with Gasteiger partial charge in [0.25, 0.3) is 0 Å². The van der Waals surface area contributed by atoms with E-state index in [0.717, 1.165) is 39.1 Å². The van der Waals surface area contributed by atoms with Crippen LogP contribution in [0.1, 0.15) is 86.5 Å². The molecule has 3 aliphatic heterocycles. The molecule has 6 nitrogen and oxygen atoms in total. The number of nitrogens with zero attached hydrogens (tertiary/aromatic N) is 3. The first-order chi connectivity index (χ1) is 14.2. The van der Waals surface area contributed by atoms with Crippen molar-refractivity contribution in [2.24, 2.45) is 11.8 Å². The lowest BCUT2D eigenvalue weighted by molar-refractivity contribution is -0.132. The summed E-state index contributed by atoms with van der Waals surface area (Å²) >= 11 is 0. The number of hydrogen-bond acceptors (Lipinski definition) is 3. The zero-order valence-electron chi connectivity index (χ0n) is 20.8. The predicted octanol–water partition coefficient (Wildman–Crippen LogP) is 4.05. The molecule has 0 N–H and O–H groups in total. The molecule has 0 aliphatic carbocycles. The first kappa shape index (κ1) is 29.8. The van der Waals surface area contributed by atoms with Crippen LogP contribution >= 0.6 is 13.5 Å². The number of hydrogen-bond donors (Lipinski definition) is 0. The van der Waals surface area contributed by atoms with Gasteiger partial charge in [-0.1, -0.05) is 27.7 Å². The highest BCUT2D eigenvalue weighted by molar-refractivity contribution is 7.59. The largest absolute Gasteiger partial charge is 0.343 e. The van der Waals surface area contributed by atoms with Crippen LogP contribution in [0.4, 0.5) is 0 Å². The molecule has 0 aromatic heterocycles. The molecule has 0 aromatic carbocycles. The number of carbonyl (C=O) groups excluding carboxylic acids is 3. The lowest BCUT2D eigenvalue weighted by Crippen LogP contribution is -2.38. The Kier molecular flexibility index (Phi) is 14.9. The molecule has 3 amide bonds. The van der Waals surface area contributed by atoms with Gasteiger partial charge < -0.3 is 14.7 Å². The van der Waals surface area contributed by atoms with Crippen LogP contribution in [0.15, 0.2) is 0 Å². The van der Waals surface area contributed by atoms with Gasteiger partial charge in [0.15, 0.2) is 0 Å². The van der Waals surface area contributed by atoms with E-state index in [1.807, 2.05) is 21.6 Å². The monoisotopic (exact) mass is 457 g/mol. The molecule has 0 bridgehead atoms. The van der Waals surface area contributed by atoms with Crippen LogP contribution in [0.3, 0.4) is 0 Å². The van der Waals surface area contributed by atoms with E-state index < -0.39 is 0 Å². The topological polar surface area (TPSA) is 60.9 Å². The van der Waals surface area contributed by atoms with Crippen LogP contribution in [-0.4, -0.2) is 71.2 Å². The minimum Gasteiger partial charge on any atom is -0.343 e. The molecule has 0 radical (unpaired) electrons. The third kappa shape index (κ3) is 10.8. The fourth-order valence-corrected chi connectivity index (χ4v) is 4.54. The van der Waals surface area contributed by atoms with Gasteiger partial charge in [-0.3, -0.25) is 14.4 Å². The Morgan fingerprint density at radius 1 is 0.774 bits per heavy atom. The highest BCUT2D eigenvalue weighted by Crippen LogP contribution is 2.19. The highest BCUT2D eigenvalue weighted by atomic mass is 32.1. The molecular formula is C24H47N3O3S. The summed E-state index contributed by atoms with van der Waals surface area (Å²) in [5.74, 6) is 2.20. The van der Waals surface area contributed by atoms with Crippen LogP contribution in [0.2, 0.25) is 0 Å². The zero-order valence-corrected chi connectivity index (χ0v) is 21.8. The van der Waals surface area contributed by atoms with E-state index >= 15 is 0 Å². The van der Waals surface area contributed by atoms with Crippen molar-refractivity contribution in [2.45, 2.75) is 92.5 Å². The van der Waals surface area contributed by atoms with Crippen molar-refractivity contribution in [3.05, 3.63) is 0 Å². The number of likely N-dealkylation sites (tertiary alicyclic amines) is 3. The average Bonchev–Trinajstić information content (AvgIpc) is 3.37. The first-order valence-corrected chi connectivity index (χ1v) is 12.0. The Hall–Kier alpha value is -1.24. The number of rotatable bonds is 2. The predicted molar refractivity (Wildman–Crippen MR) is 132 cm³/mol. The zero-order chi connectivity index (χ0) is 22.7. The molecule has 3 aliphatic rings. The van der Waals surface area contributed by atoms with Crippen LogP contribution in [0.25, 0.3) is 0 Å². The van der Waals surface area contributed by atoms with Gasteiger partial charge in [0.05, 0.1) is 0 Å². The summed E-state index contributed by atoms with van der Waals surface area (Å²) in [6, 6.07) is 0.539. The summed E-state index contributed by atoms with van der Waals surface area (Å²) in [6.07, 6.45) is 7.82. The van der Waals surface area contributed by atoms with Gasteiger partial charge in [-0.05, 0) is 50.4 Å². The minimum absolute atomic E-state index is 0. The van der Waals surface area contributed by atoms with E-state index in [1.165, 1.54) is 32.1 Å². The fourth-order valence-electron chi connectivity index (χ4n) is 4.54. The third-order valence-corrected chi connectivity index (χ3v) is 6.43. The van der Waals surface area contributed by atoms with Gasteiger partial charge in [-0.2, -0.15) is 13.5 Å². The second-order valence-electron chi connectivity index (χ2n) is 9.22. The van der Waals surface area contributed by atoms with Crippen LogP contribution in [-0.2, 0) is 14.4 Å². The summed E-state index contributed by atoms with van der Waals surface area (Å²) in [5.41, 5.74) is 0. The van der Waals surface area contributed by atoms with Gasteiger partial charge in [-0.25, -0.2) is 0 Å². The maximum absolute atomic E-state index is 11.2. The number of amides is 3. The average molecular weight is 458 g/mol. The molecule has 3 heterocycles. The van der Waals surface area contributed by atoms with Gasteiger partial charge in [0.2, 0.25) is 17.7 Å². The summed E-state index contributed by atoms with van der Waals surface area (Å²) in [7, 11) is 0. The van der Waals surface area contributed by atoms with Gasteiger partial charge in [-0.15, -0.1) is 0 Å². The van der Waals surface area contributed by atoms with E-state index in [9.17, 15) is 14.4 Å². The Morgan fingerprint density at radius 3 is 1.74 bits per heavy atom. The molecule has 0 aromatic rings. The van der Waals surface area contributed by atoms with Crippen molar-refractivity contribution >= 4 is 31.2 Å². The summed E-state index contributed by atoms with van der Waals surface area (Å²) < 4.78 is 0.